The lowest BCUT2D eigenvalue weighted by Gasteiger charge is -2.36. The number of likely N-dealkylation sites (tertiary alicyclic amines) is 1. The van der Waals surface area contributed by atoms with Gasteiger partial charge < -0.3 is 4.90 Å². The van der Waals surface area contributed by atoms with E-state index in [0.29, 0.717) is 19.1 Å². The molecule has 1 aromatic carbocycles. The molecule has 0 radical (unpaired) electrons. The first kappa shape index (κ1) is 17.0. The van der Waals surface area contributed by atoms with Gasteiger partial charge in [-0.1, -0.05) is 43.7 Å². The Morgan fingerprint density at radius 1 is 1.12 bits per heavy atom. The predicted molar refractivity (Wildman–Crippen MR) is 93.4 cm³/mol. The normalized spacial score (nSPS) is 25.6. The van der Waals surface area contributed by atoms with Crippen molar-refractivity contribution in [3.05, 3.63) is 35.9 Å². The number of carbonyl (C=O) groups excluding carboxylic acids is 2. The highest BCUT2D eigenvalue weighted by molar-refractivity contribution is 6.04. The molecule has 0 bridgehead atoms. The zero-order chi connectivity index (χ0) is 17.1. The number of imide groups is 1. The standard InChI is InChI=1S/C19H27N3O2/c1-3-20-12-8-7-11-17(20)14-22-18(23)15(2)21(19(22)24)13-16-9-5-4-6-10-16/h4-6,9-10,15,17H,3,7-8,11-14H2,1-2H3/t15-,17?/m1/s1. The number of rotatable bonds is 5. The van der Waals surface area contributed by atoms with Gasteiger partial charge in [0.15, 0.2) is 0 Å². The Labute approximate surface area is 144 Å². The number of amides is 3. The van der Waals surface area contributed by atoms with Crippen molar-refractivity contribution in [2.24, 2.45) is 0 Å². The molecule has 2 aliphatic heterocycles. The van der Waals surface area contributed by atoms with E-state index in [0.717, 1.165) is 25.1 Å². The van der Waals surface area contributed by atoms with E-state index in [4.69, 9.17) is 0 Å². The molecule has 5 heteroatoms. The van der Waals surface area contributed by atoms with E-state index in [1.807, 2.05) is 37.3 Å². The van der Waals surface area contributed by atoms with Crippen molar-refractivity contribution in [3.63, 3.8) is 0 Å². The topological polar surface area (TPSA) is 43.9 Å². The Bertz CT molecular complexity index is 590. The largest absolute Gasteiger partial charge is 0.327 e. The Morgan fingerprint density at radius 3 is 2.58 bits per heavy atom. The molecule has 3 amide bonds. The fraction of sp³-hybridized carbons (Fsp3) is 0.579. The summed E-state index contributed by atoms with van der Waals surface area (Å²) in [5.74, 6) is -0.0578. The van der Waals surface area contributed by atoms with Crippen LogP contribution in [0.5, 0.6) is 0 Å². The van der Waals surface area contributed by atoms with Crippen LogP contribution in [-0.2, 0) is 11.3 Å². The van der Waals surface area contributed by atoms with Gasteiger partial charge in [0, 0.05) is 19.1 Å². The van der Waals surface area contributed by atoms with E-state index >= 15 is 0 Å². The molecule has 24 heavy (non-hydrogen) atoms. The van der Waals surface area contributed by atoms with Gasteiger partial charge in [-0.15, -0.1) is 0 Å². The molecular weight excluding hydrogens is 302 g/mol. The first-order valence-corrected chi connectivity index (χ1v) is 9.01. The van der Waals surface area contributed by atoms with Gasteiger partial charge in [0.25, 0.3) is 5.91 Å². The fourth-order valence-electron chi connectivity index (χ4n) is 3.82. The maximum Gasteiger partial charge on any atom is 0.327 e. The summed E-state index contributed by atoms with van der Waals surface area (Å²) in [6, 6.07) is 9.65. The van der Waals surface area contributed by atoms with E-state index in [-0.39, 0.29) is 18.0 Å². The van der Waals surface area contributed by atoms with Crippen LogP contribution in [0.15, 0.2) is 30.3 Å². The SMILES string of the molecule is CCN1CCCCC1CN1C(=O)[C@@H](C)N(Cc2ccccc2)C1=O. The molecule has 0 spiro atoms. The summed E-state index contributed by atoms with van der Waals surface area (Å²) in [7, 11) is 0. The second-order valence-electron chi connectivity index (χ2n) is 6.80. The summed E-state index contributed by atoms with van der Waals surface area (Å²) in [6.07, 6.45) is 3.46. The van der Waals surface area contributed by atoms with Crippen LogP contribution in [0.4, 0.5) is 4.79 Å². The average Bonchev–Trinajstić information content (AvgIpc) is 2.81. The van der Waals surface area contributed by atoms with Crippen LogP contribution in [0.3, 0.4) is 0 Å². The minimum absolute atomic E-state index is 0.0578. The summed E-state index contributed by atoms with van der Waals surface area (Å²) in [4.78, 5) is 31.0. The molecule has 0 aromatic heterocycles. The molecule has 0 N–H and O–H groups in total. The number of urea groups is 1. The highest BCUT2D eigenvalue weighted by Gasteiger charge is 2.43. The first-order valence-electron chi connectivity index (χ1n) is 9.01. The maximum absolute atomic E-state index is 12.8. The first-order chi connectivity index (χ1) is 11.6. The minimum Gasteiger partial charge on any atom is -0.308 e. The smallest absolute Gasteiger partial charge is 0.308 e. The molecule has 5 nitrogen and oxygen atoms in total. The number of carbonyl (C=O) groups is 2. The van der Waals surface area contributed by atoms with E-state index in [9.17, 15) is 9.59 Å². The number of likely N-dealkylation sites (N-methyl/N-ethyl adjacent to an activating group) is 1. The zero-order valence-corrected chi connectivity index (χ0v) is 14.6. The van der Waals surface area contributed by atoms with Crippen molar-refractivity contribution in [1.29, 1.82) is 0 Å². The van der Waals surface area contributed by atoms with Gasteiger partial charge in [-0.3, -0.25) is 14.6 Å². The lowest BCUT2D eigenvalue weighted by molar-refractivity contribution is -0.128. The molecule has 1 aromatic rings. The molecule has 2 heterocycles. The van der Waals surface area contributed by atoms with Crippen LogP contribution in [0, 0.1) is 0 Å². The quantitative estimate of drug-likeness (QED) is 0.780. The monoisotopic (exact) mass is 329 g/mol. The Hall–Kier alpha value is -1.88. The second-order valence-corrected chi connectivity index (χ2v) is 6.80. The summed E-state index contributed by atoms with van der Waals surface area (Å²) >= 11 is 0. The summed E-state index contributed by atoms with van der Waals surface area (Å²) in [6.45, 7) is 7.05. The van der Waals surface area contributed by atoms with E-state index in [1.165, 1.54) is 17.7 Å². The molecule has 2 saturated heterocycles. The van der Waals surface area contributed by atoms with Crippen LogP contribution in [0.1, 0.15) is 38.7 Å². The molecule has 1 unspecified atom stereocenters. The third-order valence-electron chi connectivity index (χ3n) is 5.31. The second kappa shape index (κ2) is 7.34. The molecule has 3 rings (SSSR count). The van der Waals surface area contributed by atoms with Crippen molar-refractivity contribution in [3.8, 4) is 0 Å². The summed E-state index contributed by atoms with van der Waals surface area (Å²) in [5.41, 5.74) is 1.06. The average molecular weight is 329 g/mol. The zero-order valence-electron chi connectivity index (χ0n) is 14.6. The van der Waals surface area contributed by atoms with E-state index in [1.54, 1.807) is 4.90 Å². The van der Waals surface area contributed by atoms with Crippen LogP contribution in [0.2, 0.25) is 0 Å². The van der Waals surface area contributed by atoms with Gasteiger partial charge in [0.05, 0.1) is 0 Å². The van der Waals surface area contributed by atoms with E-state index in [2.05, 4.69) is 11.8 Å². The highest BCUT2D eigenvalue weighted by atomic mass is 16.2. The van der Waals surface area contributed by atoms with Gasteiger partial charge in [-0.05, 0) is 38.4 Å². The van der Waals surface area contributed by atoms with Crippen molar-refractivity contribution in [1.82, 2.24) is 14.7 Å². The number of benzene rings is 1. The van der Waals surface area contributed by atoms with Gasteiger partial charge in [-0.25, -0.2) is 4.79 Å². The van der Waals surface area contributed by atoms with Gasteiger partial charge in [0.1, 0.15) is 6.04 Å². The Morgan fingerprint density at radius 2 is 1.88 bits per heavy atom. The van der Waals surface area contributed by atoms with Gasteiger partial charge in [-0.2, -0.15) is 0 Å². The molecule has 2 fully saturated rings. The number of hydrogen-bond donors (Lipinski definition) is 0. The lowest BCUT2D eigenvalue weighted by atomic mass is 10.0. The van der Waals surface area contributed by atoms with E-state index < -0.39 is 0 Å². The third-order valence-corrected chi connectivity index (χ3v) is 5.31. The van der Waals surface area contributed by atoms with Crippen molar-refractivity contribution >= 4 is 11.9 Å². The number of nitrogens with zero attached hydrogens (tertiary/aromatic N) is 3. The van der Waals surface area contributed by atoms with Crippen molar-refractivity contribution < 1.29 is 9.59 Å². The third kappa shape index (κ3) is 3.31. The Kier molecular flexibility index (Phi) is 5.19. The predicted octanol–water partition coefficient (Wildman–Crippen LogP) is 2.71. The van der Waals surface area contributed by atoms with Crippen LogP contribution >= 0.6 is 0 Å². The molecule has 130 valence electrons. The highest BCUT2D eigenvalue weighted by Crippen LogP contribution is 2.24. The molecule has 2 atom stereocenters. The van der Waals surface area contributed by atoms with Crippen LogP contribution < -0.4 is 0 Å². The summed E-state index contributed by atoms with van der Waals surface area (Å²) in [5, 5.41) is 0. The fourth-order valence-corrected chi connectivity index (χ4v) is 3.82. The van der Waals surface area contributed by atoms with Gasteiger partial charge >= 0.3 is 6.03 Å². The molecular formula is C19H27N3O2. The molecule has 0 aliphatic carbocycles. The van der Waals surface area contributed by atoms with Crippen molar-refractivity contribution in [2.75, 3.05) is 19.6 Å². The van der Waals surface area contributed by atoms with Gasteiger partial charge in [0.2, 0.25) is 0 Å². The minimum atomic E-state index is -0.378. The maximum atomic E-state index is 12.8. The molecule has 0 saturated carbocycles. The van der Waals surface area contributed by atoms with Crippen molar-refractivity contribution in [2.45, 2.75) is 51.7 Å². The van der Waals surface area contributed by atoms with Crippen LogP contribution in [0.25, 0.3) is 0 Å². The Balaban J connectivity index is 1.70. The van der Waals surface area contributed by atoms with Crippen LogP contribution in [-0.4, -0.2) is 58.4 Å². The molecule has 2 aliphatic rings. The number of hydrogen-bond acceptors (Lipinski definition) is 3. The summed E-state index contributed by atoms with van der Waals surface area (Å²) < 4.78 is 0. The lowest BCUT2D eigenvalue weighted by Crippen LogP contribution is -2.48. The number of piperidine rings is 1.